The molecule has 0 unspecified atom stereocenters. The largest absolute Gasteiger partial charge is 0.369 e. The van der Waals surface area contributed by atoms with Gasteiger partial charge in [-0.05, 0) is 50.9 Å². The van der Waals surface area contributed by atoms with Gasteiger partial charge >= 0.3 is 0 Å². The second-order valence-corrected chi connectivity index (χ2v) is 5.89. The first-order valence-electron chi connectivity index (χ1n) is 6.14. The van der Waals surface area contributed by atoms with Crippen LogP contribution in [-0.4, -0.2) is 19.1 Å². The van der Waals surface area contributed by atoms with Gasteiger partial charge in [-0.25, -0.2) is 0 Å². The highest BCUT2D eigenvalue weighted by Crippen LogP contribution is 2.29. The van der Waals surface area contributed by atoms with Crippen LogP contribution in [-0.2, 0) is 6.42 Å². The Hall–Kier alpha value is -0.540. The lowest BCUT2D eigenvalue weighted by Gasteiger charge is -2.37. The molecule has 17 heavy (non-hydrogen) atoms. The number of halogens is 1. The maximum absolute atomic E-state index is 5.59. The molecule has 1 rings (SSSR count). The number of nitrogens with two attached hydrogens (primary N) is 1. The second kappa shape index (κ2) is 5.87. The molecule has 0 aliphatic heterocycles. The minimum absolute atomic E-state index is 0.175. The van der Waals surface area contributed by atoms with Crippen molar-refractivity contribution in [3.8, 4) is 0 Å². The standard InChI is InChI=1S/C14H23BrN2/c1-5-14(2,3)17(4)12-7-6-11(8-9-16)13(15)10-12/h6-7,10H,5,8-9,16H2,1-4H3. The number of anilines is 1. The average molecular weight is 299 g/mol. The molecule has 1 aromatic carbocycles. The van der Waals surface area contributed by atoms with Crippen LogP contribution < -0.4 is 10.6 Å². The summed E-state index contributed by atoms with van der Waals surface area (Å²) < 4.78 is 1.15. The smallest absolute Gasteiger partial charge is 0.0379 e. The zero-order chi connectivity index (χ0) is 13.1. The molecule has 2 nitrogen and oxygen atoms in total. The lowest BCUT2D eigenvalue weighted by atomic mass is 9.99. The van der Waals surface area contributed by atoms with Crippen molar-refractivity contribution in [2.24, 2.45) is 5.73 Å². The van der Waals surface area contributed by atoms with Gasteiger partial charge in [-0.1, -0.05) is 28.9 Å². The molecular formula is C14H23BrN2. The fourth-order valence-corrected chi connectivity index (χ4v) is 2.25. The molecule has 96 valence electrons. The quantitative estimate of drug-likeness (QED) is 0.900. The van der Waals surface area contributed by atoms with E-state index in [1.54, 1.807) is 0 Å². The summed E-state index contributed by atoms with van der Waals surface area (Å²) in [6, 6.07) is 6.52. The van der Waals surface area contributed by atoms with Crippen LogP contribution in [0.2, 0.25) is 0 Å². The van der Waals surface area contributed by atoms with Crippen LogP contribution in [0.3, 0.4) is 0 Å². The first kappa shape index (κ1) is 14.5. The van der Waals surface area contributed by atoms with Gasteiger partial charge in [-0.3, -0.25) is 0 Å². The summed E-state index contributed by atoms with van der Waals surface area (Å²) >= 11 is 3.62. The van der Waals surface area contributed by atoms with Gasteiger partial charge in [0.05, 0.1) is 0 Å². The maximum atomic E-state index is 5.59. The summed E-state index contributed by atoms with van der Waals surface area (Å²) in [6.45, 7) is 7.42. The van der Waals surface area contributed by atoms with E-state index in [9.17, 15) is 0 Å². The fourth-order valence-electron chi connectivity index (χ4n) is 1.69. The van der Waals surface area contributed by atoms with Gasteiger partial charge in [0.15, 0.2) is 0 Å². The van der Waals surface area contributed by atoms with E-state index in [2.05, 4.69) is 66.8 Å². The Balaban J connectivity index is 2.97. The third-order valence-electron chi connectivity index (χ3n) is 3.61. The number of rotatable bonds is 5. The van der Waals surface area contributed by atoms with Gasteiger partial charge in [0.1, 0.15) is 0 Å². The number of hydrogen-bond donors (Lipinski definition) is 1. The van der Waals surface area contributed by atoms with Crippen LogP contribution in [0.5, 0.6) is 0 Å². The molecule has 0 saturated carbocycles. The van der Waals surface area contributed by atoms with Crippen LogP contribution in [0.15, 0.2) is 22.7 Å². The van der Waals surface area contributed by atoms with Crippen LogP contribution in [0.1, 0.15) is 32.8 Å². The lowest BCUT2D eigenvalue weighted by Crippen LogP contribution is -2.40. The van der Waals surface area contributed by atoms with Crippen LogP contribution in [0.4, 0.5) is 5.69 Å². The zero-order valence-corrected chi connectivity index (χ0v) is 12.8. The molecule has 2 N–H and O–H groups in total. The van der Waals surface area contributed by atoms with Crippen molar-refractivity contribution >= 4 is 21.6 Å². The molecule has 0 bridgehead atoms. The van der Waals surface area contributed by atoms with Gasteiger partial charge < -0.3 is 10.6 Å². The van der Waals surface area contributed by atoms with E-state index in [-0.39, 0.29) is 5.54 Å². The van der Waals surface area contributed by atoms with Crippen molar-refractivity contribution in [1.82, 2.24) is 0 Å². The maximum Gasteiger partial charge on any atom is 0.0379 e. The van der Waals surface area contributed by atoms with E-state index in [0.29, 0.717) is 6.54 Å². The summed E-state index contributed by atoms with van der Waals surface area (Å²) in [5.41, 5.74) is 8.28. The Morgan fingerprint density at radius 1 is 1.35 bits per heavy atom. The molecule has 0 amide bonds. The van der Waals surface area contributed by atoms with E-state index < -0.39 is 0 Å². The molecule has 3 heteroatoms. The molecule has 0 aromatic heterocycles. The van der Waals surface area contributed by atoms with Crippen LogP contribution >= 0.6 is 15.9 Å². The SMILES string of the molecule is CCC(C)(C)N(C)c1ccc(CCN)c(Br)c1. The average Bonchev–Trinajstić information content (AvgIpc) is 2.31. The number of nitrogens with zero attached hydrogens (tertiary/aromatic N) is 1. The van der Waals surface area contributed by atoms with Gasteiger partial charge in [0.25, 0.3) is 0 Å². The highest BCUT2D eigenvalue weighted by atomic mass is 79.9. The van der Waals surface area contributed by atoms with Crippen molar-refractivity contribution < 1.29 is 0 Å². The molecule has 0 fully saturated rings. The van der Waals surface area contributed by atoms with Gasteiger partial charge in [-0.2, -0.15) is 0 Å². The number of benzene rings is 1. The summed E-state index contributed by atoms with van der Waals surface area (Å²) in [6.07, 6.45) is 2.04. The Morgan fingerprint density at radius 3 is 2.47 bits per heavy atom. The number of hydrogen-bond acceptors (Lipinski definition) is 2. The van der Waals surface area contributed by atoms with E-state index >= 15 is 0 Å². The van der Waals surface area contributed by atoms with Crippen molar-refractivity contribution in [2.75, 3.05) is 18.5 Å². The predicted octanol–water partition coefficient (Wildman–Crippen LogP) is 3.58. The Bertz CT molecular complexity index is 374. The molecule has 0 aliphatic carbocycles. The molecule has 0 aliphatic rings. The summed E-state index contributed by atoms with van der Waals surface area (Å²) in [7, 11) is 2.15. The van der Waals surface area contributed by atoms with Crippen molar-refractivity contribution in [3.05, 3.63) is 28.2 Å². The van der Waals surface area contributed by atoms with Crippen molar-refractivity contribution in [3.63, 3.8) is 0 Å². The van der Waals surface area contributed by atoms with Crippen molar-refractivity contribution in [2.45, 2.75) is 39.2 Å². The molecule has 0 heterocycles. The van der Waals surface area contributed by atoms with Gasteiger partial charge in [-0.15, -0.1) is 0 Å². The van der Waals surface area contributed by atoms with E-state index in [0.717, 1.165) is 17.3 Å². The highest BCUT2D eigenvalue weighted by Gasteiger charge is 2.21. The Morgan fingerprint density at radius 2 is 2.00 bits per heavy atom. The second-order valence-electron chi connectivity index (χ2n) is 5.04. The molecule has 0 radical (unpaired) electrons. The van der Waals surface area contributed by atoms with Crippen molar-refractivity contribution in [1.29, 1.82) is 0 Å². The molecule has 0 atom stereocenters. The third kappa shape index (κ3) is 3.46. The van der Waals surface area contributed by atoms with E-state index in [1.165, 1.54) is 11.3 Å². The third-order valence-corrected chi connectivity index (χ3v) is 4.35. The normalized spacial score (nSPS) is 11.6. The van der Waals surface area contributed by atoms with Gasteiger partial charge in [0, 0.05) is 22.7 Å². The van der Waals surface area contributed by atoms with E-state index in [4.69, 9.17) is 5.73 Å². The lowest BCUT2D eigenvalue weighted by molar-refractivity contribution is 0.471. The predicted molar refractivity (Wildman–Crippen MR) is 79.7 cm³/mol. The molecular weight excluding hydrogens is 276 g/mol. The zero-order valence-electron chi connectivity index (χ0n) is 11.3. The Kier molecular flexibility index (Phi) is 5.02. The first-order chi connectivity index (χ1) is 7.92. The van der Waals surface area contributed by atoms with E-state index in [1.807, 2.05) is 0 Å². The fraction of sp³-hybridized carbons (Fsp3) is 0.571. The molecule has 1 aromatic rings. The molecule has 0 spiro atoms. The monoisotopic (exact) mass is 298 g/mol. The summed E-state index contributed by atoms with van der Waals surface area (Å²) in [5.74, 6) is 0. The molecule has 0 saturated heterocycles. The topological polar surface area (TPSA) is 29.3 Å². The van der Waals surface area contributed by atoms with Crippen LogP contribution in [0.25, 0.3) is 0 Å². The first-order valence-corrected chi connectivity index (χ1v) is 6.94. The minimum Gasteiger partial charge on any atom is -0.369 e. The summed E-state index contributed by atoms with van der Waals surface area (Å²) in [5, 5.41) is 0. The minimum atomic E-state index is 0.175. The van der Waals surface area contributed by atoms with Gasteiger partial charge in [0.2, 0.25) is 0 Å². The Labute approximate surface area is 113 Å². The highest BCUT2D eigenvalue weighted by molar-refractivity contribution is 9.10. The summed E-state index contributed by atoms with van der Waals surface area (Å²) in [4.78, 5) is 2.32. The van der Waals surface area contributed by atoms with Crippen LogP contribution in [0, 0.1) is 0 Å².